The second kappa shape index (κ2) is 5.25. The Bertz CT molecular complexity index is 496. The van der Waals surface area contributed by atoms with E-state index in [-0.39, 0.29) is 0 Å². The van der Waals surface area contributed by atoms with Gasteiger partial charge in [-0.25, -0.2) is 9.67 Å². The van der Waals surface area contributed by atoms with E-state index in [0.29, 0.717) is 16.5 Å². The number of aromatic nitrogens is 4. The minimum Gasteiger partial charge on any atom is -0.316 e. The van der Waals surface area contributed by atoms with Gasteiger partial charge in [0.05, 0.1) is 10.7 Å². The maximum Gasteiger partial charge on any atom is 0.150 e. The molecule has 0 aliphatic heterocycles. The fourth-order valence-electron chi connectivity index (χ4n) is 1.65. The van der Waals surface area contributed by atoms with Crippen LogP contribution in [0.4, 0.5) is 0 Å². The Kier molecular flexibility index (Phi) is 3.71. The summed E-state index contributed by atoms with van der Waals surface area (Å²) in [6.45, 7) is 2.86. The molecule has 2 aromatic rings. The van der Waals surface area contributed by atoms with Crippen LogP contribution in [0.2, 0.25) is 5.02 Å². The molecule has 2 aromatic heterocycles. The summed E-state index contributed by atoms with van der Waals surface area (Å²) in [7, 11) is 0. The third-order valence-corrected chi connectivity index (χ3v) is 2.76. The van der Waals surface area contributed by atoms with E-state index in [1.54, 1.807) is 23.0 Å². The number of pyridine rings is 1. The Labute approximate surface area is 105 Å². The molecule has 17 heavy (non-hydrogen) atoms. The first kappa shape index (κ1) is 12.0. The lowest BCUT2D eigenvalue weighted by molar-refractivity contribution is 0.550. The highest BCUT2D eigenvalue weighted by Gasteiger charge is 2.18. The topological polar surface area (TPSA) is 69.6 Å². The van der Waals surface area contributed by atoms with Gasteiger partial charge >= 0.3 is 0 Å². The Morgan fingerprint density at radius 2 is 2.29 bits per heavy atom. The Balaban J connectivity index is 2.34. The van der Waals surface area contributed by atoms with Crippen molar-refractivity contribution in [3.05, 3.63) is 41.2 Å². The van der Waals surface area contributed by atoms with Crippen LogP contribution in [0, 0.1) is 0 Å². The van der Waals surface area contributed by atoms with Crippen molar-refractivity contribution in [1.29, 1.82) is 0 Å². The van der Waals surface area contributed by atoms with Crippen molar-refractivity contribution in [2.45, 2.75) is 25.9 Å². The summed E-state index contributed by atoms with van der Waals surface area (Å²) < 4.78 is 1.79. The fraction of sp³-hybridized carbons (Fsp3) is 0.364. The standard InChI is InChI=1S/C11H14ClN5/c1-2-6-17-11(15-7-16-17)9(13)10-8(12)4-3-5-14-10/h3-5,7,9H,2,6,13H2,1H3. The molecule has 6 heteroatoms. The van der Waals surface area contributed by atoms with Crippen LogP contribution >= 0.6 is 11.6 Å². The summed E-state index contributed by atoms with van der Waals surface area (Å²) in [6, 6.07) is 3.09. The van der Waals surface area contributed by atoms with Gasteiger partial charge in [0.2, 0.25) is 0 Å². The molecule has 0 bridgehead atoms. The van der Waals surface area contributed by atoms with Crippen LogP contribution < -0.4 is 5.73 Å². The number of hydrogen-bond acceptors (Lipinski definition) is 4. The number of hydrogen-bond donors (Lipinski definition) is 1. The average molecular weight is 252 g/mol. The SMILES string of the molecule is CCCn1ncnc1C(N)c1ncccc1Cl. The second-order valence-electron chi connectivity index (χ2n) is 3.69. The van der Waals surface area contributed by atoms with Crippen molar-refractivity contribution in [2.24, 2.45) is 5.73 Å². The van der Waals surface area contributed by atoms with Crippen molar-refractivity contribution < 1.29 is 0 Å². The minimum absolute atomic E-state index is 0.447. The maximum absolute atomic E-state index is 6.12. The summed E-state index contributed by atoms with van der Waals surface area (Å²) in [5.74, 6) is 0.687. The number of nitrogens with two attached hydrogens (primary N) is 1. The summed E-state index contributed by atoms with van der Waals surface area (Å²) in [6.07, 6.45) is 4.14. The highest BCUT2D eigenvalue weighted by atomic mass is 35.5. The predicted octanol–water partition coefficient (Wildman–Crippen LogP) is 1.78. The molecule has 0 aliphatic rings. The van der Waals surface area contributed by atoms with Gasteiger partial charge in [-0.15, -0.1) is 0 Å². The maximum atomic E-state index is 6.12. The van der Waals surface area contributed by atoms with E-state index in [2.05, 4.69) is 22.0 Å². The van der Waals surface area contributed by atoms with Gasteiger partial charge in [-0.05, 0) is 18.6 Å². The number of rotatable bonds is 4. The normalized spacial score (nSPS) is 12.6. The highest BCUT2D eigenvalue weighted by molar-refractivity contribution is 6.31. The molecule has 90 valence electrons. The van der Waals surface area contributed by atoms with Crippen LogP contribution in [0.3, 0.4) is 0 Å². The molecule has 0 radical (unpaired) electrons. The van der Waals surface area contributed by atoms with Crippen LogP contribution in [0.1, 0.15) is 30.9 Å². The number of halogens is 1. The van der Waals surface area contributed by atoms with Crippen molar-refractivity contribution >= 4 is 11.6 Å². The quantitative estimate of drug-likeness (QED) is 0.899. The van der Waals surface area contributed by atoms with Gasteiger partial charge in [0, 0.05) is 12.7 Å². The van der Waals surface area contributed by atoms with Gasteiger partial charge in [-0.1, -0.05) is 18.5 Å². The molecule has 2 heterocycles. The average Bonchev–Trinajstić information content (AvgIpc) is 2.78. The summed E-state index contributed by atoms with van der Waals surface area (Å²) in [5.41, 5.74) is 6.75. The fourth-order valence-corrected chi connectivity index (χ4v) is 1.89. The monoisotopic (exact) mass is 251 g/mol. The van der Waals surface area contributed by atoms with Crippen LogP contribution in [-0.4, -0.2) is 19.7 Å². The Morgan fingerprint density at radius 1 is 1.47 bits per heavy atom. The van der Waals surface area contributed by atoms with Gasteiger partial charge in [-0.2, -0.15) is 5.10 Å². The zero-order valence-corrected chi connectivity index (χ0v) is 10.3. The van der Waals surface area contributed by atoms with Crippen molar-refractivity contribution in [3.8, 4) is 0 Å². The van der Waals surface area contributed by atoms with E-state index < -0.39 is 6.04 Å². The molecule has 2 rings (SSSR count). The number of nitrogens with zero attached hydrogens (tertiary/aromatic N) is 4. The number of aryl methyl sites for hydroxylation is 1. The van der Waals surface area contributed by atoms with E-state index in [1.807, 2.05) is 0 Å². The van der Waals surface area contributed by atoms with E-state index in [1.165, 1.54) is 6.33 Å². The summed E-state index contributed by atoms with van der Waals surface area (Å²) in [5, 5.41) is 4.68. The van der Waals surface area contributed by atoms with Crippen molar-refractivity contribution in [3.63, 3.8) is 0 Å². The van der Waals surface area contributed by atoms with E-state index in [4.69, 9.17) is 17.3 Å². The molecule has 2 N–H and O–H groups in total. The lowest BCUT2D eigenvalue weighted by Gasteiger charge is -2.12. The zero-order chi connectivity index (χ0) is 12.3. The second-order valence-corrected chi connectivity index (χ2v) is 4.10. The van der Waals surface area contributed by atoms with Crippen molar-refractivity contribution in [2.75, 3.05) is 0 Å². The largest absolute Gasteiger partial charge is 0.316 e. The molecule has 0 saturated carbocycles. The lowest BCUT2D eigenvalue weighted by Crippen LogP contribution is -2.20. The van der Waals surface area contributed by atoms with Crippen LogP contribution in [0.25, 0.3) is 0 Å². The molecule has 0 saturated heterocycles. The zero-order valence-electron chi connectivity index (χ0n) is 9.55. The van der Waals surface area contributed by atoms with Crippen LogP contribution in [0.5, 0.6) is 0 Å². The Morgan fingerprint density at radius 3 is 3.00 bits per heavy atom. The molecular weight excluding hydrogens is 238 g/mol. The molecule has 0 amide bonds. The predicted molar refractivity (Wildman–Crippen MR) is 65.6 cm³/mol. The van der Waals surface area contributed by atoms with Crippen LogP contribution in [-0.2, 0) is 6.54 Å². The molecule has 1 unspecified atom stereocenters. The van der Waals surface area contributed by atoms with Crippen LogP contribution in [0.15, 0.2) is 24.7 Å². The lowest BCUT2D eigenvalue weighted by atomic mass is 10.2. The summed E-state index contributed by atoms with van der Waals surface area (Å²) in [4.78, 5) is 8.38. The molecule has 0 fully saturated rings. The molecule has 0 aromatic carbocycles. The Hall–Kier alpha value is -1.46. The first-order valence-electron chi connectivity index (χ1n) is 5.47. The third kappa shape index (κ3) is 2.45. The van der Waals surface area contributed by atoms with Crippen molar-refractivity contribution in [1.82, 2.24) is 19.7 Å². The first-order chi connectivity index (χ1) is 8.24. The minimum atomic E-state index is -0.447. The summed E-state index contributed by atoms with van der Waals surface area (Å²) >= 11 is 6.07. The molecule has 5 nitrogen and oxygen atoms in total. The van der Waals surface area contributed by atoms with Gasteiger partial charge in [0.15, 0.2) is 0 Å². The molecule has 1 atom stereocenters. The van der Waals surface area contributed by atoms with Gasteiger partial charge < -0.3 is 5.73 Å². The van der Waals surface area contributed by atoms with Gasteiger partial charge in [0.1, 0.15) is 18.2 Å². The molecule has 0 spiro atoms. The van der Waals surface area contributed by atoms with E-state index in [9.17, 15) is 0 Å². The van der Waals surface area contributed by atoms with Gasteiger partial charge in [-0.3, -0.25) is 4.98 Å². The first-order valence-corrected chi connectivity index (χ1v) is 5.85. The van der Waals surface area contributed by atoms with E-state index >= 15 is 0 Å². The highest BCUT2D eigenvalue weighted by Crippen LogP contribution is 2.22. The molecule has 0 aliphatic carbocycles. The molecular formula is C11H14ClN5. The smallest absolute Gasteiger partial charge is 0.150 e. The van der Waals surface area contributed by atoms with E-state index in [0.717, 1.165) is 13.0 Å². The third-order valence-electron chi connectivity index (χ3n) is 2.44. The van der Waals surface area contributed by atoms with Gasteiger partial charge in [0.25, 0.3) is 0 Å².